The summed E-state index contributed by atoms with van der Waals surface area (Å²) < 4.78 is 13.6. The number of halogens is 1. The molecule has 5 nitrogen and oxygen atoms in total. The number of hydrogen-bond donors (Lipinski definition) is 3. The van der Waals surface area contributed by atoms with E-state index in [1.54, 1.807) is 0 Å². The topological polar surface area (TPSA) is 94.8 Å². The molecule has 0 amide bonds. The molecule has 1 aromatic carbocycles. The molecule has 1 saturated carbocycles. The first-order valence-electron chi connectivity index (χ1n) is 5.88. The number of benzene rings is 1. The first-order chi connectivity index (χ1) is 8.88. The summed E-state index contributed by atoms with van der Waals surface area (Å²) in [6.07, 6.45) is 2.06. The molecule has 0 aromatic heterocycles. The summed E-state index contributed by atoms with van der Waals surface area (Å²) in [6, 6.07) is 1.97. The zero-order valence-corrected chi connectivity index (χ0v) is 10.0. The van der Waals surface area contributed by atoms with Crippen LogP contribution >= 0.6 is 0 Å². The highest BCUT2D eigenvalue weighted by Crippen LogP contribution is 2.43. The van der Waals surface area contributed by atoms with Crippen LogP contribution in [0, 0.1) is 5.82 Å². The van der Waals surface area contributed by atoms with E-state index in [1.165, 1.54) is 0 Å². The highest BCUT2D eigenvalue weighted by molar-refractivity contribution is 5.92. The second kappa shape index (κ2) is 4.53. The molecule has 19 heavy (non-hydrogen) atoms. The average molecular weight is 268 g/mol. The van der Waals surface area contributed by atoms with Gasteiger partial charge in [-0.25, -0.2) is 9.18 Å². The highest BCUT2D eigenvalue weighted by atomic mass is 19.1. The van der Waals surface area contributed by atoms with Crippen LogP contribution in [0.5, 0.6) is 5.75 Å². The summed E-state index contributed by atoms with van der Waals surface area (Å²) in [4.78, 5) is 22.4. The van der Waals surface area contributed by atoms with Gasteiger partial charge in [-0.3, -0.25) is 4.79 Å². The fourth-order valence-corrected chi connectivity index (χ4v) is 2.64. The average Bonchev–Trinajstić information content (AvgIpc) is 2.82. The highest BCUT2D eigenvalue weighted by Gasteiger charge is 2.43. The number of hydrogen-bond acceptors (Lipinski definition) is 3. The summed E-state index contributed by atoms with van der Waals surface area (Å²) in [7, 11) is 0. The predicted molar refractivity (Wildman–Crippen MR) is 62.8 cm³/mol. The first kappa shape index (κ1) is 13.3. The molecular formula is C13H13FO5. The third-order valence-corrected chi connectivity index (χ3v) is 3.71. The standard InChI is InChI=1S/C13H13FO5/c14-9-6-7(5-8(10(9)15)11(16)17)13(12(18)19)3-1-2-4-13/h5-6,15H,1-4H2,(H,16,17)(H,18,19). The van der Waals surface area contributed by atoms with Gasteiger partial charge in [-0.05, 0) is 30.5 Å². The third-order valence-electron chi connectivity index (χ3n) is 3.71. The van der Waals surface area contributed by atoms with Gasteiger partial charge in [0.2, 0.25) is 0 Å². The second-order valence-electron chi connectivity index (χ2n) is 4.75. The van der Waals surface area contributed by atoms with Crippen molar-refractivity contribution in [2.45, 2.75) is 31.1 Å². The van der Waals surface area contributed by atoms with Gasteiger partial charge in [-0.15, -0.1) is 0 Å². The number of carboxylic acid groups (broad SMARTS) is 2. The van der Waals surface area contributed by atoms with Gasteiger partial charge in [0.05, 0.1) is 5.41 Å². The number of aromatic carboxylic acids is 1. The van der Waals surface area contributed by atoms with Gasteiger partial charge in [0, 0.05) is 0 Å². The summed E-state index contributed by atoms with van der Waals surface area (Å²) in [5.41, 5.74) is -1.76. The number of aliphatic carboxylic acids is 1. The van der Waals surface area contributed by atoms with E-state index in [-0.39, 0.29) is 5.56 Å². The fraction of sp³-hybridized carbons (Fsp3) is 0.385. The molecule has 0 unspecified atom stereocenters. The molecule has 1 aliphatic carbocycles. The zero-order valence-electron chi connectivity index (χ0n) is 10.0. The predicted octanol–water partition coefficient (Wildman–Crippen LogP) is 2.13. The minimum atomic E-state index is -1.49. The molecular weight excluding hydrogens is 255 g/mol. The van der Waals surface area contributed by atoms with Crippen molar-refractivity contribution in [2.24, 2.45) is 0 Å². The van der Waals surface area contributed by atoms with Crippen LogP contribution in [0.4, 0.5) is 4.39 Å². The van der Waals surface area contributed by atoms with E-state index < -0.39 is 34.5 Å². The quantitative estimate of drug-likeness (QED) is 0.780. The minimum Gasteiger partial charge on any atom is -0.504 e. The number of rotatable bonds is 3. The zero-order chi connectivity index (χ0) is 14.2. The Morgan fingerprint density at radius 1 is 1.16 bits per heavy atom. The van der Waals surface area contributed by atoms with E-state index in [4.69, 9.17) is 5.11 Å². The fourth-order valence-electron chi connectivity index (χ4n) is 2.64. The number of carbonyl (C=O) groups is 2. The summed E-state index contributed by atoms with van der Waals surface area (Å²) in [5.74, 6) is -4.65. The van der Waals surface area contributed by atoms with Gasteiger partial charge < -0.3 is 15.3 Å². The Balaban J connectivity index is 2.62. The molecule has 0 aliphatic heterocycles. The van der Waals surface area contributed by atoms with Crippen molar-refractivity contribution in [3.8, 4) is 5.75 Å². The molecule has 1 aliphatic rings. The Morgan fingerprint density at radius 3 is 2.21 bits per heavy atom. The van der Waals surface area contributed by atoms with Crippen molar-refractivity contribution < 1.29 is 29.3 Å². The van der Waals surface area contributed by atoms with Crippen molar-refractivity contribution in [2.75, 3.05) is 0 Å². The number of phenols is 1. The molecule has 1 aromatic rings. The van der Waals surface area contributed by atoms with Crippen molar-refractivity contribution >= 4 is 11.9 Å². The van der Waals surface area contributed by atoms with Crippen LogP contribution in [0.25, 0.3) is 0 Å². The molecule has 0 bridgehead atoms. The molecule has 0 heterocycles. The molecule has 0 spiro atoms. The largest absolute Gasteiger partial charge is 0.504 e. The van der Waals surface area contributed by atoms with E-state index in [1.807, 2.05) is 0 Å². The van der Waals surface area contributed by atoms with Crippen LogP contribution in [0.1, 0.15) is 41.6 Å². The van der Waals surface area contributed by atoms with Crippen LogP contribution in [0.2, 0.25) is 0 Å². The molecule has 6 heteroatoms. The van der Waals surface area contributed by atoms with E-state index >= 15 is 0 Å². The normalized spacial score (nSPS) is 17.3. The Bertz CT molecular complexity index is 546. The maximum absolute atomic E-state index is 13.6. The Morgan fingerprint density at radius 2 is 1.74 bits per heavy atom. The van der Waals surface area contributed by atoms with Gasteiger partial charge in [0.25, 0.3) is 0 Å². The molecule has 3 N–H and O–H groups in total. The van der Waals surface area contributed by atoms with Crippen LogP contribution in [-0.2, 0) is 10.2 Å². The molecule has 0 radical (unpaired) electrons. The van der Waals surface area contributed by atoms with Gasteiger partial charge in [-0.2, -0.15) is 0 Å². The lowest BCUT2D eigenvalue weighted by Gasteiger charge is -2.25. The van der Waals surface area contributed by atoms with Crippen LogP contribution in [-0.4, -0.2) is 27.3 Å². The van der Waals surface area contributed by atoms with Crippen molar-refractivity contribution in [3.63, 3.8) is 0 Å². The third kappa shape index (κ3) is 2.03. The summed E-state index contributed by atoms with van der Waals surface area (Å²) >= 11 is 0. The lowest BCUT2D eigenvalue weighted by Crippen LogP contribution is -2.33. The van der Waals surface area contributed by atoms with Crippen LogP contribution in [0.3, 0.4) is 0 Å². The second-order valence-corrected chi connectivity index (χ2v) is 4.75. The first-order valence-corrected chi connectivity index (χ1v) is 5.88. The number of aromatic hydroxyl groups is 1. The minimum absolute atomic E-state index is 0.102. The van der Waals surface area contributed by atoms with E-state index in [0.29, 0.717) is 25.7 Å². The van der Waals surface area contributed by atoms with Gasteiger partial charge in [0.1, 0.15) is 5.56 Å². The SMILES string of the molecule is O=C(O)c1cc(C2(C(=O)O)CCCC2)cc(F)c1O. The Kier molecular flexibility index (Phi) is 3.18. The Hall–Kier alpha value is -2.11. The summed E-state index contributed by atoms with van der Waals surface area (Å²) in [6.45, 7) is 0. The lowest BCUT2D eigenvalue weighted by molar-refractivity contribution is -0.143. The van der Waals surface area contributed by atoms with Crippen LogP contribution in [0.15, 0.2) is 12.1 Å². The summed E-state index contributed by atoms with van der Waals surface area (Å²) in [5, 5.41) is 27.6. The number of carboxylic acids is 2. The maximum atomic E-state index is 13.6. The van der Waals surface area contributed by atoms with Crippen molar-refractivity contribution in [1.29, 1.82) is 0 Å². The van der Waals surface area contributed by atoms with Gasteiger partial charge in [0.15, 0.2) is 11.6 Å². The Labute approximate surface area is 108 Å². The molecule has 0 atom stereocenters. The van der Waals surface area contributed by atoms with E-state index in [0.717, 1.165) is 12.1 Å². The molecule has 2 rings (SSSR count). The monoisotopic (exact) mass is 268 g/mol. The van der Waals surface area contributed by atoms with E-state index in [9.17, 15) is 24.2 Å². The van der Waals surface area contributed by atoms with Gasteiger partial charge in [-0.1, -0.05) is 12.8 Å². The van der Waals surface area contributed by atoms with Crippen molar-refractivity contribution in [1.82, 2.24) is 0 Å². The molecule has 1 fully saturated rings. The lowest BCUT2D eigenvalue weighted by atomic mass is 9.78. The van der Waals surface area contributed by atoms with Gasteiger partial charge >= 0.3 is 11.9 Å². The molecule has 102 valence electrons. The smallest absolute Gasteiger partial charge is 0.339 e. The maximum Gasteiger partial charge on any atom is 0.339 e. The van der Waals surface area contributed by atoms with Crippen molar-refractivity contribution in [3.05, 3.63) is 29.1 Å². The van der Waals surface area contributed by atoms with Crippen LogP contribution < -0.4 is 0 Å². The molecule has 0 saturated heterocycles. The van der Waals surface area contributed by atoms with E-state index in [2.05, 4.69) is 0 Å².